The molecule has 34 heavy (non-hydrogen) atoms. The SMILES string of the molecule is COc1c(C(C)(C)CC(O)(C2Nc3nc(C)nc4c(F)ccc2c34)C(F)(F)F)ccc(C)c1Cl. The maximum Gasteiger partial charge on any atom is 0.419 e. The Morgan fingerprint density at radius 3 is 2.41 bits per heavy atom. The number of aliphatic hydroxyl groups is 1. The standard InChI is InChI=1S/C24H24ClF4N3O2/c1-11-6-8-14(19(34-5)17(11)25)22(3,4)10-23(33,24(27,28)29)20-13-7-9-15(26)18-16(13)21(32-20)31-12(2)30-18/h6-9,20,33H,10H2,1-5H3,(H,30,31,32). The Labute approximate surface area is 199 Å². The zero-order valence-electron chi connectivity index (χ0n) is 19.2. The minimum atomic E-state index is -5.05. The number of benzene rings is 2. The van der Waals surface area contributed by atoms with Gasteiger partial charge in [-0.15, -0.1) is 0 Å². The van der Waals surface area contributed by atoms with Crippen LogP contribution >= 0.6 is 11.6 Å². The van der Waals surface area contributed by atoms with E-state index in [9.17, 15) is 22.7 Å². The van der Waals surface area contributed by atoms with Gasteiger partial charge in [0.15, 0.2) is 5.60 Å². The highest BCUT2D eigenvalue weighted by Crippen LogP contribution is 2.54. The number of anilines is 1. The van der Waals surface area contributed by atoms with E-state index in [1.54, 1.807) is 32.9 Å². The number of alkyl halides is 3. The highest BCUT2D eigenvalue weighted by molar-refractivity contribution is 6.33. The van der Waals surface area contributed by atoms with Gasteiger partial charge in [0.05, 0.1) is 23.6 Å². The molecular formula is C24H24ClF4N3O2. The number of rotatable bonds is 5. The third kappa shape index (κ3) is 3.65. The molecule has 0 amide bonds. The van der Waals surface area contributed by atoms with E-state index in [4.69, 9.17) is 16.3 Å². The molecular weight excluding hydrogens is 474 g/mol. The summed E-state index contributed by atoms with van der Waals surface area (Å²) in [5, 5.41) is 14.5. The summed E-state index contributed by atoms with van der Waals surface area (Å²) in [6.45, 7) is 6.44. The van der Waals surface area contributed by atoms with E-state index in [2.05, 4.69) is 15.3 Å². The smallest absolute Gasteiger partial charge is 0.419 e. The fourth-order valence-corrected chi connectivity index (χ4v) is 5.04. The molecule has 0 spiro atoms. The molecule has 0 saturated heterocycles. The van der Waals surface area contributed by atoms with Crippen molar-refractivity contribution in [2.75, 3.05) is 12.4 Å². The molecule has 2 N–H and O–H groups in total. The first-order valence-corrected chi connectivity index (χ1v) is 10.9. The van der Waals surface area contributed by atoms with Crippen molar-refractivity contribution in [2.24, 2.45) is 0 Å². The Bertz CT molecular complexity index is 1300. The van der Waals surface area contributed by atoms with E-state index in [1.165, 1.54) is 20.1 Å². The van der Waals surface area contributed by atoms with Gasteiger partial charge in [-0.3, -0.25) is 0 Å². The van der Waals surface area contributed by atoms with Crippen LogP contribution in [0.5, 0.6) is 5.75 Å². The molecule has 0 radical (unpaired) electrons. The molecule has 1 aliphatic rings. The largest absolute Gasteiger partial charge is 0.495 e. The van der Waals surface area contributed by atoms with Gasteiger partial charge in [0.25, 0.3) is 0 Å². The van der Waals surface area contributed by atoms with Gasteiger partial charge in [-0.05, 0) is 42.9 Å². The van der Waals surface area contributed by atoms with Crippen LogP contribution in [0.3, 0.4) is 0 Å². The number of aromatic nitrogens is 2. The normalized spacial score (nSPS) is 17.6. The molecule has 2 unspecified atom stereocenters. The minimum absolute atomic E-state index is 0.0541. The molecule has 0 aliphatic carbocycles. The molecule has 4 rings (SSSR count). The van der Waals surface area contributed by atoms with Crippen LogP contribution in [0.25, 0.3) is 10.9 Å². The van der Waals surface area contributed by atoms with Crippen molar-refractivity contribution in [1.29, 1.82) is 0 Å². The fourth-order valence-electron chi connectivity index (χ4n) is 4.80. The lowest BCUT2D eigenvalue weighted by Crippen LogP contribution is -2.54. The Morgan fingerprint density at radius 2 is 1.79 bits per heavy atom. The molecule has 0 fully saturated rings. The Morgan fingerprint density at radius 1 is 1.12 bits per heavy atom. The quantitative estimate of drug-likeness (QED) is 0.412. The summed E-state index contributed by atoms with van der Waals surface area (Å²) < 4.78 is 63.8. The zero-order chi connectivity index (χ0) is 25.2. The Kier molecular flexibility index (Phi) is 5.72. The first-order chi connectivity index (χ1) is 15.7. The van der Waals surface area contributed by atoms with Gasteiger partial charge in [0.2, 0.25) is 0 Å². The Balaban J connectivity index is 1.86. The number of hydrogen-bond acceptors (Lipinski definition) is 5. The summed E-state index contributed by atoms with van der Waals surface area (Å²) in [6, 6.07) is 4.00. The molecule has 0 saturated carbocycles. The summed E-state index contributed by atoms with van der Waals surface area (Å²) in [6.07, 6.45) is -5.79. The van der Waals surface area contributed by atoms with Crippen molar-refractivity contribution >= 4 is 28.3 Å². The van der Waals surface area contributed by atoms with Crippen LogP contribution in [0.1, 0.15) is 48.8 Å². The first-order valence-electron chi connectivity index (χ1n) is 10.6. The molecule has 2 heterocycles. The fraction of sp³-hybridized carbons (Fsp3) is 0.417. The molecule has 2 aromatic carbocycles. The van der Waals surface area contributed by atoms with E-state index >= 15 is 0 Å². The molecule has 10 heteroatoms. The second-order valence-corrected chi connectivity index (χ2v) is 9.69. The number of halogens is 5. The van der Waals surface area contributed by atoms with Crippen LogP contribution in [-0.2, 0) is 5.41 Å². The van der Waals surface area contributed by atoms with E-state index in [0.717, 1.165) is 6.07 Å². The van der Waals surface area contributed by atoms with E-state index in [0.29, 0.717) is 16.1 Å². The second kappa shape index (κ2) is 7.95. The van der Waals surface area contributed by atoms with Crippen molar-refractivity contribution in [2.45, 2.75) is 57.3 Å². The van der Waals surface area contributed by atoms with E-state index in [1.807, 2.05) is 0 Å². The van der Waals surface area contributed by atoms with Crippen molar-refractivity contribution in [1.82, 2.24) is 9.97 Å². The van der Waals surface area contributed by atoms with Gasteiger partial charge in [-0.1, -0.05) is 43.6 Å². The summed E-state index contributed by atoms with van der Waals surface area (Å²) in [7, 11) is 1.39. The Hall–Kier alpha value is -2.65. The third-order valence-corrected chi connectivity index (χ3v) is 6.91. The van der Waals surface area contributed by atoms with Crippen LogP contribution in [0.4, 0.5) is 23.4 Å². The molecule has 3 aromatic rings. The lowest BCUT2D eigenvalue weighted by molar-refractivity contribution is -0.273. The lowest BCUT2D eigenvalue weighted by atomic mass is 9.71. The monoisotopic (exact) mass is 497 g/mol. The highest BCUT2D eigenvalue weighted by Gasteiger charge is 2.62. The molecule has 1 aliphatic heterocycles. The highest BCUT2D eigenvalue weighted by atomic mass is 35.5. The summed E-state index contributed by atoms with van der Waals surface area (Å²) in [4.78, 5) is 8.22. The maximum absolute atomic E-state index is 14.6. The molecule has 1 aromatic heterocycles. The number of methoxy groups -OCH3 is 1. The average Bonchev–Trinajstić information content (AvgIpc) is 3.10. The maximum atomic E-state index is 14.6. The average molecular weight is 498 g/mol. The predicted octanol–water partition coefficient (Wildman–Crippen LogP) is 6.18. The van der Waals surface area contributed by atoms with Gasteiger partial charge >= 0.3 is 6.18 Å². The van der Waals surface area contributed by atoms with Crippen LogP contribution < -0.4 is 10.1 Å². The molecule has 0 bridgehead atoms. The van der Waals surface area contributed by atoms with Crippen LogP contribution in [-0.4, -0.2) is 34.0 Å². The number of aryl methyl sites for hydroxylation is 2. The predicted molar refractivity (Wildman–Crippen MR) is 122 cm³/mol. The van der Waals surface area contributed by atoms with Gasteiger partial charge in [0.1, 0.15) is 28.7 Å². The molecule has 2 atom stereocenters. The van der Waals surface area contributed by atoms with Crippen molar-refractivity contribution < 1.29 is 27.4 Å². The van der Waals surface area contributed by atoms with E-state index in [-0.39, 0.29) is 33.9 Å². The van der Waals surface area contributed by atoms with Gasteiger partial charge in [-0.25, -0.2) is 14.4 Å². The minimum Gasteiger partial charge on any atom is -0.495 e. The van der Waals surface area contributed by atoms with Crippen LogP contribution in [0.2, 0.25) is 5.02 Å². The van der Waals surface area contributed by atoms with Crippen LogP contribution in [0.15, 0.2) is 24.3 Å². The van der Waals surface area contributed by atoms with Gasteiger partial charge in [-0.2, -0.15) is 13.2 Å². The first kappa shape index (κ1) is 24.5. The zero-order valence-corrected chi connectivity index (χ0v) is 20.0. The third-order valence-electron chi connectivity index (χ3n) is 6.44. The van der Waals surface area contributed by atoms with Crippen molar-refractivity contribution in [3.05, 3.63) is 57.6 Å². The van der Waals surface area contributed by atoms with Crippen molar-refractivity contribution in [3.63, 3.8) is 0 Å². The topological polar surface area (TPSA) is 67.3 Å². The molecule has 182 valence electrons. The second-order valence-electron chi connectivity index (χ2n) is 9.32. The lowest BCUT2D eigenvalue weighted by Gasteiger charge is -2.42. The summed E-state index contributed by atoms with van der Waals surface area (Å²) >= 11 is 6.36. The van der Waals surface area contributed by atoms with Gasteiger partial charge in [0, 0.05) is 5.56 Å². The molecule has 5 nitrogen and oxygen atoms in total. The number of nitrogens with one attached hydrogen (secondary N) is 1. The van der Waals surface area contributed by atoms with Crippen LogP contribution in [0, 0.1) is 19.7 Å². The number of nitrogens with zero attached hydrogens (tertiary/aromatic N) is 2. The number of hydrogen-bond donors (Lipinski definition) is 2. The van der Waals surface area contributed by atoms with Gasteiger partial charge < -0.3 is 15.2 Å². The summed E-state index contributed by atoms with van der Waals surface area (Å²) in [5.41, 5.74) is -3.37. The van der Waals surface area contributed by atoms with E-state index < -0.39 is 35.5 Å². The summed E-state index contributed by atoms with van der Waals surface area (Å²) in [5.74, 6) is -0.174. The van der Waals surface area contributed by atoms with Crippen molar-refractivity contribution in [3.8, 4) is 5.75 Å². The number of ether oxygens (including phenoxy) is 1.